The molecule has 0 radical (unpaired) electrons. The summed E-state index contributed by atoms with van der Waals surface area (Å²) in [6.45, 7) is 1.85. The van der Waals surface area contributed by atoms with Crippen molar-refractivity contribution in [3.63, 3.8) is 0 Å². The zero-order valence-electron chi connectivity index (χ0n) is 11.5. The fourth-order valence-electron chi connectivity index (χ4n) is 2.72. The molecule has 0 unspecified atom stereocenters. The molecule has 0 atom stereocenters. The van der Waals surface area contributed by atoms with Crippen molar-refractivity contribution in [1.82, 2.24) is 9.97 Å². The lowest BCUT2D eigenvalue weighted by atomic mass is 10.2. The largest absolute Gasteiger partial charge is 0.305 e. The van der Waals surface area contributed by atoms with Crippen molar-refractivity contribution in [1.29, 1.82) is 0 Å². The summed E-state index contributed by atoms with van der Waals surface area (Å²) in [5.41, 5.74) is 1.63. The van der Waals surface area contributed by atoms with Gasteiger partial charge < -0.3 is 4.90 Å². The lowest BCUT2D eigenvalue weighted by molar-refractivity contribution is 0.0856. The molecule has 6 heteroatoms. The topological polar surface area (TPSA) is 69.6 Å². The Balaban J connectivity index is 2.04. The van der Waals surface area contributed by atoms with E-state index in [1.54, 1.807) is 30.6 Å². The molecular weight excluding hydrogens is 268 g/mol. The molecule has 6 nitrogen and oxygen atoms in total. The zero-order chi connectivity index (χ0) is 14.6. The van der Waals surface area contributed by atoms with Crippen LogP contribution in [-0.4, -0.2) is 27.1 Å². The molecule has 2 aromatic heterocycles. The Morgan fingerprint density at radius 3 is 2.71 bits per heavy atom. The number of rotatable bonds is 1. The Morgan fingerprint density at radius 1 is 1.19 bits per heavy atom. The van der Waals surface area contributed by atoms with E-state index in [-0.39, 0.29) is 6.04 Å². The van der Waals surface area contributed by atoms with Crippen LogP contribution in [0.5, 0.6) is 0 Å². The maximum Gasteiger partial charge on any atom is 0.285 e. The molecule has 1 saturated carbocycles. The smallest absolute Gasteiger partial charge is 0.285 e. The van der Waals surface area contributed by atoms with Crippen LogP contribution in [-0.2, 0) is 0 Å². The molecular formula is C15H14N4O2. The SMILES string of the molecule is Cc1ccnc2c1N(O)C(=O)c1cccnc1N2C1CC1. The second-order valence-electron chi connectivity index (χ2n) is 5.39. The lowest BCUT2D eigenvalue weighted by Gasteiger charge is -2.24. The standard InChI is InChI=1S/C15H14N4O2/c1-9-6-8-17-14-12(9)19(21)15(20)11-3-2-7-16-13(11)18(14)10-4-5-10/h2-3,6-8,10,21H,4-5H2,1H3. The van der Waals surface area contributed by atoms with Crippen LogP contribution in [0.15, 0.2) is 30.6 Å². The molecule has 0 spiro atoms. The van der Waals surface area contributed by atoms with Crippen molar-refractivity contribution >= 4 is 23.2 Å². The molecule has 21 heavy (non-hydrogen) atoms. The highest BCUT2D eigenvalue weighted by Crippen LogP contribution is 2.45. The van der Waals surface area contributed by atoms with Gasteiger partial charge in [-0.1, -0.05) is 0 Å². The van der Waals surface area contributed by atoms with Crippen LogP contribution in [0.3, 0.4) is 0 Å². The Kier molecular flexibility index (Phi) is 2.49. The van der Waals surface area contributed by atoms with Gasteiger partial charge in [-0.25, -0.2) is 9.97 Å². The maximum atomic E-state index is 12.5. The highest BCUT2D eigenvalue weighted by molar-refractivity contribution is 6.12. The van der Waals surface area contributed by atoms with Crippen LogP contribution in [0.25, 0.3) is 0 Å². The number of anilines is 3. The minimum Gasteiger partial charge on any atom is -0.305 e. The van der Waals surface area contributed by atoms with Crippen LogP contribution >= 0.6 is 0 Å². The fourth-order valence-corrected chi connectivity index (χ4v) is 2.72. The number of hydrogen-bond acceptors (Lipinski definition) is 5. The quantitative estimate of drug-likeness (QED) is 0.813. The van der Waals surface area contributed by atoms with E-state index in [9.17, 15) is 10.0 Å². The Hall–Kier alpha value is -2.47. The molecule has 3 heterocycles. The van der Waals surface area contributed by atoms with Gasteiger partial charge in [0.1, 0.15) is 11.5 Å². The number of aromatic nitrogens is 2. The van der Waals surface area contributed by atoms with E-state index in [1.807, 2.05) is 11.8 Å². The monoisotopic (exact) mass is 282 g/mol. The number of aryl methyl sites for hydroxylation is 1. The summed E-state index contributed by atoms with van der Waals surface area (Å²) in [6, 6.07) is 5.45. The molecule has 1 aliphatic carbocycles. The zero-order valence-corrected chi connectivity index (χ0v) is 11.5. The number of hydroxylamine groups is 1. The predicted molar refractivity (Wildman–Crippen MR) is 77.0 cm³/mol. The molecule has 0 bridgehead atoms. The van der Waals surface area contributed by atoms with Gasteiger partial charge in [-0.2, -0.15) is 5.06 Å². The van der Waals surface area contributed by atoms with E-state index in [0.29, 0.717) is 27.9 Å². The molecule has 1 amide bonds. The number of fused-ring (bicyclic) bond motifs is 2. The average Bonchev–Trinajstić information content (AvgIpc) is 3.31. The third-order valence-electron chi connectivity index (χ3n) is 3.90. The van der Waals surface area contributed by atoms with Crippen LogP contribution in [0.1, 0.15) is 28.8 Å². The molecule has 0 saturated heterocycles. The molecule has 2 aliphatic rings. The van der Waals surface area contributed by atoms with Gasteiger partial charge >= 0.3 is 0 Å². The number of carbonyl (C=O) groups is 1. The van der Waals surface area contributed by atoms with Crippen LogP contribution in [0.2, 0.25) is 0 Å². The second kappa shape index (κ2) is 4.26. The van der Waals surface area contributed by atoms with Crippen molar-refractivity contribution in [3.05, 3.63) is 41.7 Å². The van der Waals surface area contributed by atoms with E-state index in [2.05, 4.69) is 9.97 Å². The van der Waals surface area contributed by atoms with Crippen LogP contribution < -0.4 is 9.96 Å². The normalized spacial score (nSPS) is 17.3. The van der Waals surface area contributed by atoms with E-state index in [4.69, 9.17) is 0 Å². The summed E-state index contributed by atoms with van der Waals surface area (Å²) in [4.78, 5) is 23.3. The fraction of sp³-hybridized carbons (Fsp3) is 0.267. The number of hydrogen-bond donors (Lipinski definition) is 1. The number of nitrogens with zero attached hydrogens (tertiary/aromatic N) is 4. The van der Waals surface area contributed by atoms with Crippen LogP contribution in [0.4, 0.5) is 17.3 Å². The lowest BCUT2D eigenvalue weighted by Crippen LogP contribution is -2.27. The first-order valence-electron chi connectivity index (χ1n) is 6.91. The Bertz CT molecular complexity index is 742. The van der Waals surface area contributed by atoms with Gasteiger partial charge in [0.05, 0.1) is 5.56 Å². The first-order chi connectivity index (χ1) is 10.2. The van der Waals surface area contributed by atoms with E-state index in [0.717, 1.165) is 18.4 Å². The van der Waals surface area contributed by atoms with Crippen molar-refractivity contribution in [2.24, 2.45) is 0 Å². The summed E-state index contributed by atoms with van der Waals surface area (Å²) in [5, 5.41) is 11.0. The minimum atomic E-state index is -0.474. The van der Waals surface area contributed by atoms with Crippen molar-refractivity contribution in [2.45, 2.75) is 25.8 Å². The van der Waals surface area contributed by atoms with Gasteiger partial charge in [-0.15, -0.1) is 0 Å². The third kappa shape index (κ3) is 1.72. The van der Waals surface area contributed by atoms with Crippen molar-refractivity contribution in [2.75, 3.05) is 9.96 Å². The van der Waals surface area contributed by atoms with Crippen molar-refractivity contribution in [3.8, 4) is 0 Å². The van der Waals surface area contributed by atoms with Gasteiger partial charge in [0, 0.05) is 18.4 Å². The number of amides is 1. The molecule has 1 N–H and O–H groups in total. The van der Waals surface area contributed by atoms with Crippen molar-refractivity contribution < 1.29 is 10.0 Å². The van der Waals surface area contributed by atoms with E-state index < -0.39 is 5.91 Å². The molecule has 1 fully saturated rings. The summed E-state index contributed by atoms with van der Waals surface area (Å²) < 4.78 is 0. The van der Waals surface area contributed by atoms with Gasteiger partial charge in [0.2, 0.25) is 0 Å². The van der Waals surface area contributed by atoms with E-state index in [1.165, 1.54) is 0 Å². The third-order valence-corrected chi connectivity index (χ3v) is 3.90. The van der Waals surface area contributed by atoms with Gasteiger partial charge in [-0.05, 0) is 43.5 Å². The summed E-state index contributed by atoms with van der Waals surface area (Å²) >= 11 is 0. The number of carbonyl (C=O) groups excluding carboxylic acids is 1. The first-order valence-corrected chi connectivity index (χ1v) is 6.91. The van der Waals surface area contributed by atoms with Crippen LogP contribution in [0, 0.1) is 6.92 Å². The highest BCUT2D eigenvalue weighted by Gasteiger charge is 2.40. The molecule has 4 rings (SSSR count). The number of pyridine rings is 2. The average molecular weight is 282 g/mol. The minimum absolute atomic E-state index is 0.283. The molecule has 2 aromatic rings. The molecule has 0 aromatic carbocycles. The summed E-state index contributed by atoms with van der Waals surface area (Å²) in [7, 11) is 0. The van der Waals surface area contributed by atoms with E-state index >= 15 is 0 Å². The highest BCUT2D eigenvalue weighted by atomic mass is 16.5. The maximum absolute atomic E-state index is 12.5. The Labute approximate surface area is 121 Å². The predicted octanol–water partition coefficient (Wildman–Crippen LogP) is 2.43. The summed E-state index contributed by atoms with van der Waals surface area (Å²) in [5.74, 6) is 0.685. The van der Waals surface area contributed by atoms with Gasteiger partial charge in [-0.3, -0.25) is 10.0 Å². The second-order valence-corrected chi connectivity index (χ2v) is 5.39. The Morgan fingerprint density at radius 2 is 1.95 bits per heavy atom. The molecule has 1 aliphatic heterocycles. The first kappa shape index (κ1) is 12.3. The van der Waals surface area contributed by atoms with Gasteiger partial charge in [0.25, 0.3) is 5.91 Å². The summed E-state index contributed by atoms with van der Waals surface area (Å²) in [6.07, 6.45) is 5.41. The molecule has 106 valence electrons. The van der Waals surface area contributed by atoms with Gasteiger partial charge in [0.15, 0.2) is 5.82 Å².